The van der Waals surface area contributed by atoms with Gasteiger partial charge in [0.1, 0.15) is 10.6 Å². The largest absolute Gasteiger partial charge is 0.469 e. The molecule has 0 N–H and O–H groups in total. The summed E-state index contributed by atoms with van der Waals surface area (Å²) in [4.78, 5) is 42.0. The minimum absolute atomic E-state index is 0.0165. The lowest BCUT2D eigenvalue weighted by atomic mass is 10.2. The quantitative estimate of drug-likeness (QED) is 0.772. The van der Waals surface area contributed by atoms with Gasteiger partial charge in [-0.3, -0.25) is 14.5 Å². The Morgan fingerprint density at radius 1 is 1.42 bits per heavy atom. The molecule has 2 rings (SSSR count). The first-order chi connectivity index (χ1) is 11.2. The third kappa shape index (κ3) is 4.77. The zero-order valence-electron chi connectivity index (χ0n) is 14.3. The topological polar surface area (TPSA) is 85.8 Å². The third-order valence-corrected chi connectivity index (χ3v) is 4.59. The molecule has 1 amide bonds. The van der Waals surface area contributed by atoms with Gasteiger partial charge < -0.3 is 9.47 Å². The number of carbonyl (C=O) groups is 3. The van der Waals surface area contributed by atoms with Crippen molar-refractivity contribution in [2.45, 2.75) is 51.7 Å². The summed E-state index contributed by atoms with van der Waals surface area (Å²) in [5.41, 5.74) is -0.623. The lowest BCUT2D eigenvalue weighted by Gasteiger charge is -2.27. The molecule has 1 fully saturated rings. The molecule has 7 nitrogen and oxygen atoms in total. The highest BCUT2D eigenvalue weighted by Crippen LogP contribution is 2.34. The van der Waals surface area contributed by atoms with Gasteiger partial charge in [-0.2, -0.15) is 0 Å². The number of aryl methyl sites for hydroxylation is 1. The maximum atomic E-state index is 12.3. The lowest BCUT2D eigenvalue weighted by Crippen LogP contribution is -2.36. The molecule has 1 saturated heterocycles. The number of aromatic nitrogens is 1. The summed E-state index contributed by atoms with van der Waals surface area (Å²) in [7, 11) is 1.35. The van der Waals surface area contributed by atoms with Crippen molar-refractivity contribution >= 4 is 29.2 Å². The molecule has 2 heterocycles. The van der Waals surface area contributed by atoms with Crippen LogP contribution < -0.4 is 0 Å². The lowest BCUT2D eigenvalue weighted by molar-refractivity contribution is -0.140. The van der Waals surface area contributed by atoms with E-state index in [0.717, 1.165) is 4.88 Å². The summed E-state index contributed by atoms with van der Waals surface area (Å²) in [5.74, 6) is -0.298. The Morgan fingerprint density at radius 2 is 2.12 bits per heavy atom. The Balaban J connectivity index is 2.08. The molecule has 0 radical (unpaired) electrons. The van der Waals surface area contributed by atoms with Crippen molar-refractivity contribution in [1.29, 1.82) is 0 Å². The van der Waals surface area contributed by atoms with Gasteiger partial charge in [-0.15, -0.1) is 11.3 Å². The summed E-state index contributed by atoms with van der Waals surface area (Å²) in [6.07, 6.45) is 2.21. The second kappa shape index (κ2) is 7.29. The fraction of sp³-hybridized carbons (Fsp3) is 0.625. The highest BCUT2D eigenvalue weighted by Gasteiger charge is 2.39. The summed E-state index contributed by atoms with van der Waals surface area (Å²) < 4.78 is 9.99. The first kappa shape index (κ1) is 18.4. The Hall–Kier alpha value is -1.96. The van der Waals surface area contributed by atoms with Gasteiger partial charge in [-0.05, 0) is 27.2 Å². The van der Waals surface area contributed by atoms with E-state index in [1.54, 1.807) is 27.0 Å². The number of carbonyl (C=O) groups excluding carboxylic acids is 3. The number of ketones is 1. The Bertz CT molecular complexity index is 635. The van der Waals surface area contributed by atoms with Crippen LogP contribution in [0.2, 0.25) is 0 Å². The maximum Gasteiger partial charge on any atom is 0.411 e. The molecule has 0 spiro atoms. The Labute approximate surface area is 145 Å². The van der Waals surface area contributed by atoms with Crippen molar-refractivity contribution in [3.63, 3.8) is 0 Å². The van der Waals surface area contributed by atoms with Crippen LogP contribution in [0.25, 0.3) is 0 Å². The van der Waals surface area contributed by atoms with Crippen LogP contribution in [0, 0.1) is 0 Å². The number of amides is 1. The summed E-state index contributed by atoms with van der Waals surface area (Å²) in [5, 5.41) is 0.687. The van der Waals surface area contributed by atoms with Crippen LogP contribution in [0.1, 0.15) is 49.5 Å². The number of ether oxygens (including phenoxy) is 2. The van der Waals surface area contributed by atoms with Crippen molar-refractivity contribution in [2.24, 2.45) is 0 Å². The summed E-state index contributed by atoms with van der Waals surface area (Å²) >= 11 is 1.40. The van der Waals surface area contributed by atoms with E-state index in [4.69, 9.17) is 4.74 Å². The number of thiazole rings is 1. The first-order valence-electron chi connectivity index (χ1n) is 7.72. The SMILES string of the molecule is COC(=O)CCc1cnc([C@@H]2CC(=O)CN2C(=O)OC(C)(C)C)s1. The predicted molar refractivity (Wildman–Crippen MR) is 87.8 cm³/mol. The van der Waals surface area contributed by atoms with Crippen molar-refractivity contribution in [3.05, 3.63) is 16.1 Å². The van der Waals surface area contributed by atoms with E-state index in [0.29, 0.717) is 11.4 Å². The minimum Gasteiger partial charge on any atom is -0.469 e. The van der Waals surface area contributed by atoms with Crippen molar-refractivity contribution in [2.75, 3.05) is 13.7 Å². The maximum absolute atomic E-state index is 12.3. The number of hydrogen-bond acceptors (Lipinski definition) is 7. The number of nitrogens with zero attached hydrogens (tertiary/aromatic N) is 2. The first-order valence-corrected chi connectivity index (χ1v) is 8.54. The Kier molecular flexibility index (Phi) is 5.58. The van der Waals surface area contributed by atoms with E-state index in [1.165, 1.54) is 23.3 Å². The van der Waals surface area contributed by atoms with Crippen LogP contribution in [0.4, 0.5) is 4.79 Å². The van der Waals surface area contributed by atoms with Gasteiger partial charge in [-0.1, -0.05) is 0 Å². The fourth-order valence-electron chi connectivity index (χ4n) is 2.34. The van der Waals surface area contributed by atoms with E-state index in [1.807, 2.05) is 0 Å². The van der Waals surface area contributed by atoms with Crippen LogP contribution in [0.5, 0.6) is 0 Å². The average Bonchev–Trinajstić information content (AvgIpc) is 3.09. The molecule has 1 atom stereocenters. The van der Waals surface area contributed by atoms with E-state index in [9.17, 15) is 14.4 Å². The molecule has 24 heavy (non-hydrogen) atoms. The van der Waals surface area contributed by atoms with E-state index in [2.05, 4.69) is 9.72 Å². The highest BCUT2D eigenvalue weighted by molar-refractivity contribution is 7.11. The van der Waals surface area contributed by atoms with Gasteiger partial charge in [0, 0.05) is 17.5 Å². The molecule has 132 valence electrons. The molecule has 1 aromatic rings. The minimum atomic E-state index is -0.623. The number of esters is 1. The predicted octanol–water partition coefficient (Wildman–Crippen LogP) is 2.50. The van der Waals surface area contributed by atoms with Crippen LogP contribution in [-0.2, 0) is 25.5 Å². The molecule has 1 aromatic heterocycles. The molecular weight excluding hydrogens is 332 g/mol. The van der Waals surface area contributed by atoms with Gasteiger partial charge in [0.2, 0.25) is 0 Å². The van der Waals surface area contributed by atoms with E-state index < -0.39 is 17.7 Å². The molecule has 0 saturated carbocycles. The monoisotopic (exact) mass is 354 g/mol. The molecule has 0 aliphatic carbocycles. The van der Waals surface area contributed by atoms with Crippen LogP contribution in [0.15, 0.2) is 6.20 Å². The summed E-state index contributed by atoms with van der Waals surface area (Å²) in [6, 6.07) is -0.399. The van der Waals surface area contributed by atoms with Crippen molar-refractivity contribution in [1.82, 2.24) is 9.88 Å². The van der Waals surface area contributed by atoms with Gasteiger partial charge in [0.05, 0.1) is 26.1 Å². The van der Waals surface area contributed by atoms with E-state index >= 15 is 0 Å². The Morgan fingerprint density at radius 3 is 2.75 bits per heavy atom. The normalized spacial score (nSPS) is 17.9. The second-order valence-electron chi connectivity index (χ2n) is 6.61. The molecule has 0 aromatic carbocycles. The number of rotatable bonds is 4. The van der Waals surface area contributed by atoms with Crippen LogP contribution >= 0.6 is 11.3 Å². The van der Waals surface area contributed by atoms with Gasteiger partial charge >= 0.3 is 12.1 Å². The molecule has 1 aliphatic rings. The van der Waals surface area contributed by atoms with Crippen molar-refractivity contribution in [3.8, 4) is 0 Å². The van der Waals surface area contributed by atoms with E-state index in [-0.39, 0.29) is 31.1 Å². The second-order valence-corrected chi connectivity index (χ2v) is 7.75. The molecule has 0 bridgehead atoms. The van der Waals surface area contributed by atoms with Gasteiger partial charge in [0.25, 0.3) is 0 Å². The summed E-state index contributed by atoms with van der Waals surface area (Å²) in [6.45, 7) is 5.39. The third-order valence-electron chi connectivity index (χ3n) is 3.43. The van der Waals surface area contributed by atoms with Crippen molar-refractivity contribution < 1.29 is 23.9 Å². The number of likely N-dealkylation sites (tertiary alicyclic amines) is 1. The molecular formula is C16H22N2O5S. The smallest absolute Gasteiger partial charge is 0.411 e. The van der Waals surface area contributed by atoms with Crippen LogP contribution in [-0.4, -0.2) is 47.0 Å². The molecule has 1 aliphatic heterocycles. The fourth-order valence-corrected chi connectivity index (χ4v) is 3.37. The molecule has 0 unspecified atom stereocenters. The average molecular weight is 354 g/mol. The highest BCUT2D eigenvalue weighted by atomic mass is 32.1. The number of hydrogen-bond donors (Lipinski definition) is 0. The number of methoxy groups -OCH3 is 1. The standard InChI is InChI=1S/C16H22N2O5S/c1-16(2,3)23-15(21)18-9-10(19)7-12(18)14-17-8-11(24-14)5-6-13(20)22-4/h8,12H,5-7,9H2,1-4H3/t12-/m0/s1. The zero-order valence-corrected chi connectivity index (χ0v) is 15.1. The van der Waals surface area contributed by atoms with Gasteiger partial charge in [0.15, 0.2) is 5.78 Å². The van der Waals surface area contributed by atoms with Crippen LogP contribution in [0.3, 0.4) is 0 Å². The van der Waals surface area contributed by atoms with Gasteiger partial charge in [-0.25, -0.2) is 9.78 Å². The molecule has 8 heteroatoms. The number of Topliss-reactive ketones (excluding diaryl/α,β-unsaturated/α-hetero) is 1. The zero-order chi connectivity index (χ0) is 17.9.